The third-order valence-corrected chi connectivity index (χ3v) is 2.83. The number of hydrogen-bond acceptors (Lipinski definition) is 2. The standard InChI is InChI=1S/C15H15NO2/c1-9-6-10(2)8-12(7-9)14-5-4-13(15(17)18)11(3)16-14/h4-8H,1-3H3,(H,17,18). The first-order valence-corrected chi connectivity index (χ1v) is 5.77. The van der Waals surface area contributed by atoms with Crippen molar-refractivity contribution in [3.8, 4) is 11.3 Å². The Morgan fingerprint density at radius 3 is 2.17 bits per heavy atom. The maximum Gasteiger partial charge on any atom is 0.337 e. The Bertz CT molecular complexity index is 598. The second-order valence-electron chi connectivity index (χ2n) is 4.51. The molecule has 3 heteroatoms. The lowest BCUT2D eigenvalue weighted by atomic mass is 10.0. The van der Waals surface area contributed by atoms with Crippen LogP contribution in [-0.4, -0.2) is 16.1 Å². The third-order valence-electron chi connectivity index (χ3n) is 2.83. The van der Waals surface area contributed by atoms with E-state index in [4.69, 9.17) is 5.11 Å². The fourth-order valence-electron chi connectivity index (χ4n) is 2.07. The molecule has 1 N–H and O–H groups in total. The molecule has 0 bridgehead atoms. The van der Waals surface area contributed by atoms with Gasteiger partial charge in [-0.3, -0.25) is 4.98 Å². The molecule has 0 atom stereocenters. The van der Waals surface area contributed by atoms with Crippen molar-refractivity contribution in [2.75, 3.05) is 0 Å². The van der Waals surface area contributed by atoms with Crippen molar-refractivity contribution in [3.63, 3.8) is 0 Å². The summed E-state index contributed by atoms with van der Waals surface area (Å²) in [6, 6.07) is 9.56. The number of rotatable bonds is 2. The minimum Gasteiger partial charge on any atom is -0.478 e. The van der Waals surface area contributed by atoms with Crippen LogP contribution in [0.25, 0.3) is 11.3 Å². The van der Waals surface area contributed by atoms with Crippen molar-refractivity contribution in [1.82, 2.24) is 4.98 Å². The van der Waals surface area contributed by atoms with Gasteiger partial charge >= 0.3 is 5.97 Å². The number of aromatic carboxylic acids is 1. The Kier molecular flexibility index (Phi) is 3.15. The highest BCUT2D eigenvalue weighted by Gasteiger charge is 2.09. The molecule has 0 unspecified atom stereocenters. The molecule has 1 aromatic carbocycles. The van der Waals surface area contributed by atoms with Crippen LogP contribution in [0.4, 0.5) is 0 Å². The molecule has 3 nitrogen and oxygen atoms in total. The van der Waals surface area contributed by atoms with Gasteiger partial charge in [-0.05, 0) is 45.0 Å². The van der Waals surface area contributed by atoms with Gasteiger partial charge in [0.2, 0.25) is 0 Å². The normalized spacial score (nSPS) is 10.4. The van der Waals surface area contributed by atoms with Gasteiger partial charge in [0.25, 0.3) is 0 Å². The van der Waals surface area contributed by atoms with Crippen LogP contribution in [0.1, 0.15) is 27.2 Å². The molecule has 0 aliphatic carbocycles. The van der Waals surface area contributed by atoms with Crippen molar-refractivity contribution in [3.05, 3.63) is 52.7 Å². The summed E-state index contributed by atoms with van der Waals surface area (Å²) in [5.41, 5.74) is 4.97. The molecule has 18 heavy (non-hydrogen) atoms. The molecule has 92 valence electrons. The number of aromatic nitrogens is 1. The van der Waals surface area contributed by atoms with E-state index in [0.717, 1.165) is 11.3 Å². The molecule has 2 aromatic rings. The minimum absolute atomic E-state index is 0.253. The first kappa shape index (κ1) is 12.3. The summed E-state index contributed by atoms with van der Waals surface area (Å²) < 4.78 is 0. The highest BCUT2D eigenvalue weighted by Crippen LogP contribution is 2.21. The Hall–Kier alpha value is -2.16. The average Bonchev–Trinajstić information content (AvgIpc) is 2.26. The molecular formula is C15H15NO2. The zero-order valence-electron chi connectivity index (χ0n) is 10.7. The Morgan fingerprint density at radius 1 is 1.06 bits per heavy atom. The zero-order valence-corrected chi connectivity index (χ0v) is 10.7. The summed E-state index contributed by atoms with van der Waals surface area (Å²) in [5, 5.41) is 8.98. The van der Waals surface area contributed by atoms with Crippen LogP contribution in [0.5, 0.6) is 0 Å². The summed E-state index contributed by atoms with van der Waals surface area (Å²) in [4.78, 5) is 15.3. The predicted molar refractivity (Wildman–Crippen MR) is 70.8 cm³/mol. The van der Waals surface area contributed by atoms with Crippen LogP contribution >= 0.6 is 0 Å². The van der Waals surface area contributed by atoms with Crippen molar-refractivity contribution >= 4 is 5.97 Å². The zero-order chi connectivity index (χ0) is 13.3. The van der Waals surface area contributed by atoms with Gasteiger partial charge in [0.15, 0.2) is 0 Å². The minimum atomic E-state index is -0.938. The number of carboxylic acid groups (broad SMARTS) is 1. The van der Waals surface area contributed by atoms with Crippen LogP contribution in [0.3, 0.4) is 0 Å². The van der Waals surface area contributed by atoms with Crippen molar-refractivity contribution in [1.29, 1.82) is 0 Å². The number of nitrogens with zero attached hydrogens (tertiary/aromatic N) is 1. The number of hydrogen-bond donors (Lipinski definition) is 1. The van der Waals surface area contributed by atoms with E-state index in [1.165, 1.54) is 11.1 Å². The summed E-state index contributed by atoms with van der Waals surface area (Å²) in [5.74, 6) is -0.938. The molecule has 0 spiro atoms. The quantitative estimate of drug-likeness (QED) is 0.876. The largest absolute Gasteiger partial charge is 0.478 e. The number of aryl methyl sites for hydroxylation is 3. The van der Waals surface area contributed by atoms with Crippen LogP contribution in [0.2, 0.25) is 0 Å². The molecule has 0 amide bonds. The smallest absolute Gasteiger partial charge is 0.337 e. The highest BCUT2D eigenvalue weighted by atomic mass is 16.4. The second-order valence-corrected chi connectivity index (χ2v) is 4.51. The number of pyridine rings is 1. The number of carboxylic acids is 1. The van der Waals surface area contributed by atoms with Crippen LogP contribution in [0, 0.1) is 20.8 Å². The summed E-state index contributed by atoms with van der Waals surface area (Å²) >= 11 is 0. The first-order valence-electron chi connectivity index (χ1n) is 5.77. The highest BCUT2D eigenvalue weighted by molar-refractivity contribution is 5.89. The molecule has 2 rings (SSSR count). The van der Waals surface area contributed by atoms with Crippen LogP contribution in [0.15, 0.2) is 30.3 Å². The number of benzene rings is 1. The molecule has 0 saturated heterocycles. The van der Waals surface area contributed by atoms with Crippen LogP contribution in [-0.2, 0) is 0 Å². The fraction of sp³-hybridized carbons (Fsp3) is 0.200. The van der Waals surface area contributed by atoms with E-state index in [1.807, 2.05) is 13.8 Å². The van der Waals surface area contributed by atoms with E-state index < -0.39 is 5.97 Å². The van der Waals surface area contributed by atoms with E-state index in [9.17, 15) is 4.79 Å². The van der Waals surface area contributed by atoms with E-state index >= 15 is 0 Å². The lowest BCUT2D eigenvalue weighted by Crippen LogP contribution is -2.02. The molecular weight excluding hydrogens is 226 g/mol. The van der Waals surface area contributed by atoms with Gasteiger partial charge in [-0.2, -0.15) is 0 Å². The monoisotopic (exact) mass is 241 g/mol. The molecule has 0 aliphatic heterocycles. The Morgan fingerprint density at radius 2 is 1.67 bits per heavy atom. The van der Waals surface area contributed by atoms with Gasteiger partial charge in [-0.15, -0.1) is 0 Å². The van der Waals surface area contributed by atoms with Gasteiger partial charge in [-0.1, -0.05) is 17.2 Å². The summed E-state index contributed by atoms with van der Waals surface area (Å²) in [7, 11) is 0. The lowest BCUT2D eigenvalue weighted by Gasteiger charge is -2.07. The van der Waals surface area contributed by atoms with Crippen molar-refractivity contribution in [2.45, 2.75) is 20.8 Å². The van der Waals surface area contributed by atoms with Gasteiger partial charge in [0.05, 0.1) is 17.0 Å². The number of carbonyl (C=O) groups is 1. The summed E-state index contributed by atoms with van der Waals surface area (Å²) in [6.45, 7) is 5.79. The molecule has 1 aromatic heterocycles. The topological polar surface area (TPSA) is 50.2 Å². The predicted octanol–water partition coefficient (Wildman–Crippen LogP) is 3.37. The van der Waals surface area contributed by atoms with Gasteiger partial charge < -0.3 is 5.11 Å². The first-order chi connectivity index (χ1) is 8.47. The Balaban J connectivity index is 2.52. The average molecular weight is 241 g/mol. The van der Waals surface area contributed by atoms with E-state index in [1.54, 1.807) is 19.1 Å². The summed E-state index contributed by atoms with van der Waals surface area (Å²) in [6.07, 6.45) is 0. The Labute approximate surface area is 106 Å². The van der Waals surface area contributed by atoms with E-state index in [-0.39, 0.29) is 5.56 Å². The lowest BCUT2D eigenvalue weighted by molar-refractivity contribution is 0.0695. The molecule has 0 aliphatic rings. The van der Waals surface area contributed by atoms with Gasteiger partial charge in [-0.25, -0.2) is 4.79 Å². The second kappa shape index (κ2) is 4.61. The van der Waals surface area contributed by atoms with Crippen LogP contribution < -0.4 is 0 Å². The molecule has 1 heterocycles. The SMILES string of the molecule is Cc1cc(C)cc(-c2ccc(C(=O)O)c(C)n2)c1. The molecule has 0 saturated carbocycles. The van der Waals surface area contributed by atoms with Crippen molar-refractivity contribution in [2.24, 2.45) is 0 Å². The van der Waals surface area contributed by atoms with Gasteiger partial charge in [0.1, 0.15) is 0 Å². The maximum atomic E-state index is 10.9. The van der Waals surface area contributed by atoms with E-state index in [0.29, 0.717) is 5.69 Å². The molecule has 0 radical (unpaired) electrons. The fourth-order valence-corrected chi connectivity index (χ4v) is 2.07. The van der Waals surface area contributed by atoms with Crippen molar-refractivity contribution < 1.29 is 9.90 Å². The van der Waals surface area contributed by atoms with E-state index in [2.05, 4.69) is 23.2 Å². The maximum absolute atomic E-state index is 10.9. The molecule has 0 fully saturated rings. The third kappa shape index (κ3) is 2.40. The van der Waals surface area contributed by atoms with Gasteiger partial charge in [0, 0.05) is 5.56 Å².